The standard InChI is InChI=1S/C16H22N2O2/c1-12(11-20-4)18(3)16(19)9-13-10-17(2)15-8-6-5-7-14(13)15/h5-8,10,12H,9,11H2,1-4H3/t12-/m1/s1. The van der Waals surface area contributed by atoms with Crippen LogP contribution in [0.15, 0.2) is 30.5 Å². The van der Waals surface area contributed by atoms with Crippen molar-refractivity contribution in [1.29, 1.82) is 0 Å². The van der Waals surface area contributed by atoms with Crippen molar-refractivity contribution in [3.8, 4) is 0 Å². The molecule has 0 unspecified atom stereocenters. The van der Waals surface area contributed by atoms with E-state index in [1.807, 2.05) is 39.3 Å². The molecule has 0 aliphatic rings. The second-order valence-electron chi connectivity index (χ2n) is 5.27. The zero-order valence-electron chi connectivity index (χ0n) is 12.6. The average Bonchev–Trinajstić information content (AvgIpc) is 2.75. The van der Waals surface area contributed by atoms with Crippen LogP contribution in [0, 0.1) is 0 Å². The molecule has 0 radical (unpaired) electrons. The van der Waals surface area contributed by atoms with Crippen LogP contribution in [-0.4, -0.2) is 42.2 Å². The van der Waals surface area contributed by atoms with Crippen LogP contribution in [0.1, 0.15) is 12.5 Å². The van der Waals surface area contributed by atoms with E-state index in [1.165, 1.54) is 0 Å². The fourth-order valence-electron chi connectivity index (χ4n) is 2.45. The van der Waals surface area contributed by atoms with Crippen molar-refractivity contribution in [2.75, 3.05) is 20.8 Å². The lowest BCUT2D eigenvalue weighted by Crippen LogP contribution is -2.38. The van der Waals surface area contributed by atoms with Crippen LogP contribution in [0.2, 0.25) is 0 Å². The van der Waals surface area contributed by atoms with Gasteiger partial charge in [0, 0.05) is 38.3 Å². The first-order chi connectivity index (χ1) is 9.54. The van der Waals surface area contributed by atoms with E-state index in [2.05, 4.69) is 16.7 Å². The van der Waals surface area contributed by atoms with E-state index in [4.69, 9.17) is 4.74 Å². The van der Waals surface area contributed by atoms with Crippen molar-refractivity contribution in [2.24, 2.45) is 7.05 Å². The fraction of sp³-hybridized carbons (Fsp3) is 0.438. The van der Waals surface area contributed by atoms with Crippen molar-refractivity contribution in [2.45, 2.75) is 19.4 Å². The molecular weight excluding hydrogens is 252 g/mol. The fourth-order valence-corrected chi connectivity index (χ4v) is 2.45. The van der Waals surface area contributed by atoms with Gasteiger partial charge in [0.1, 0.15) is 0 Å². The van der Waals surface area contributed by atoms with Crippen LogP contribution in [-0.2, 0) is 23.0 Å². The molecule has 1 heterocycles. The number of nitrogens with zero attached hydrogens (tertiary/aromatic N) is 2. The number of ether oxygens (including phenoxy) is 1. The molecule has 0 aliphatic carbocycles. The highest BCUT2D eigenvalue weighted by Crippen LogP contribution is 2.21. The number of aromatic nitrogens is 1. The van der Waals surface area contributed by atoms with E-state index in [0.717, 1.165) is 16.5 Å². The molecular formula is C16H22N2O2. The number of aryl methyl sites for hydroxylation is 1. The van der Waals surface area contributed by atoms with Gasteiger partial charge in [0.15, 0.2) is 0 Å². The Balaban J connectivity index is 2.18. The van der Waals surface area contributed by atoms with E-state index in [-0.39, 0.29) is 11.9 Å². The first-order valence-corrected chi connectivity index (χ1v) is 6.82. The van der Waals surface area contributed by atoms with Gasteiger partial charge < -0.3 is 14.2 Å². The van der Waals surface area contributed by atoms with E-state index in [0.29, 0.717) is 13.0 Å². The molecule has 1 atom stereocenters. The number of benzene rings is 1. The van der Waals surface area contributed by atoms with E-state index in [1.54, 1.807) is 12.0 Å². The lowest BCUT2D eigenvalue weighted by molar-refractivity contribution is -0.131. The predicted octanol–water partition coefficient (Wildman–Crippen LogP) is 2.21. The molecule has 0 bridgehead atoms. The highest BCUT2D eigenvalue weighted by molar-refractivity contribution is 5.89. The summed E-state index contributed by atoms with van der Waals surface area (Å²) in [6.07, 6.45) is 2.46. The van der Waals surface area contributed by atoms with Crippen LogP contribution in [0.5, 0.6) is 0 Å². The Morgan fingerprint density at radius 3 is 2.80 bits per heavy atom. The first kappa shape index (κ1) is 14.6. The lowest BCUT2D eigenvalue weighted by atomic mass is 10.1. The van der Waals surface area contributed by atoms with E-state index < -0.39 is 0 Å². The van der Waals surface area contributed by atoms with Gasteiger partial charge in [0.25, 0.3) is 0 Å². The summed E-state index contributed by atoms with van der Waals surface area (Å²) in [7, 11) is 5.49. The molecule has 0 spiro atoms. The van der Waals surface area contributed by atoms with Gasteiger partial charge in [-0.15, -0.1) is 0 Å². The molecule has 0 saturated heterocycles. The molecule has 1 amide bonds. The molecule has 108 valence electrons. The van der Waals surface area contributed by atoms with Crippen LogP contribution < -0.4 is 0 Å². The Labute approximate surface area is 119 Å². The third-order valence-electron chi connectivity index (χ3n) is 3.78. The summed E-state index contributed by atoms with van der Waals surface area (Å²) in [6, 6.07) is 8.24. The van der Waals surface area contributed by atoms with Crippen molar-refractivity contribution in [3.63, 3.8) is 0 Å². The molecule has 0 aliphatic heterocycles. The van der Waals surface area contributed by atoms with Crippen molar-refractivity contribution in [1.82, 2.24) is 9.47 Å². The number of fused-ring (bicyclic) bond motifs is 1. The number of amides is 1. The summed E-state index contributed by atoms with van der Waals surface area (Å²) in [5.41, 5.74) is 2.23. The second kappa shape index (κ2) is 6.09. The third-order valence-corrected chi connectivity index (χ3v) is 3.78. The second-order valence-corrected chi connectivity index (χ2v) is 5.27. The zero-order valence-corrected chi connectivity index (χ0v) is 12.6. The van der Waals surface area contributed by atoms with Gasteiger partial charge in [-0.3, -0.25) is 4.79 Å². The Morgan fingerprint density at radius 2 is 2.10 bits per heavy atom. The van der Waals surface area contributed by atoms with Crippen molar-refractivity contribution < 1.29 is 9.53 Å². The predicted molar refractivity (Wildman–Crippen MR) is 80.7 cm³/mol. The normalized spacial score (nSPS) is 12.6. The Kier molecular flexibility index (Phi) is 4.45. The van der Waals surface area contributed by atoms with Gasteiger partial charge >= 0.3 is 0 Å². The van der Waals surface area contributed by atoms with E-state index >= 15 is 0 Å². The Hall–Kier alpha value is -1.81. The molecule has 4 nitrogen and oxygen atoms in total. The number of rotatable bonds is 5. The summed E-state index contributed by atoms with van der Waals surface area (Å²) >= 11 is 0. The molecule has 20 heavy (non-hydrogen) atoms. The number of para-hydroxylation sites is 1. The molecule has 4 heteroatoms. The molecule has 0 fully saturated rings. The number of hydrogen-bond donors (Lipinski definition) is 0. The average molecular weight is 274 g/mol. The van der Waals surface area contributed by atoms with Gasteiger partial charge in [0.05, 0.1) is 19.1 Å². The van der Waals surface area contributed by atoms with Crippen molar-refractivity contribution >= 4 is 16.8 Å². The van der Waals surface area contributed by atoms with Gasteiger partial charge in [-0.05, 0) is 18.6 Å². The van der Waals surface area contributed by atoms with Gasteiger partial charge in [-0.25, -0.2) is 0 Å². The number of carbonyl (C=O) groups excluding carboxylic acids is 1. The summed E-state index contributed by atoms with van der Waals surface area (Å²) in [5.74, 6) is 0.117. The lowest BCUT2D eigenvalue weighted by Gasteiger charge is -2.24. The summed E-state index contributed by atoms with van der Waals surface area (Å²) in [4.78, 5) is 14.1. The molecule has 0 N–H and O–H groups in total. The quantitative estimate of drug-likeness (QED) is 0.838. The minimum absolute atomic E-state index is 0.0856. The maximum atomic E-state index is 12.3. The minimum Gasteiger partial charge on any atom is -0.383 e. The number of likely N-dealkylation sites (N-methyl/N-ethyl adjacent to an activating group) is 1. The van der Waals surface area contributed by atoms with E-state index in [9.17, 15) is 4.79 Å². The van der Waals surface area contributed by atoms with Crippen LogP contribution in [0.4, 0.5) is 0 Å². The van der Waals surface area contributed by atoms with Crippen LogP contribution in [0.25, 0.3) is 10.9 Å². The maximum Gasteiger partial charge on any atom is 0.227 e. The molecule has 1 aromatic heterocycles. The SMILES string of the molecule is COC[C@@H](C)N(C)C(=O)Cc1cn(C)c2ccccc12. The largest absolute Gasteiger partial charge is 0.383 e. The molecule has 2 rings (SSSR count). The Morgan fingerprint density at radius 1 is 1.40 bits per heavy atom. The minimum atomic E-state index is 0.0856. The third kappa shape index (κ3) is 2.85. The summed E-state index contributed by atoms with van der Waals surface area (Å²) in [6.45, 7) is 2.54. The topological polar surface area (TPSA) is 34.5 Å². The highest BCUT2D eigenvalue weighted by Gasteiger charge is 2.17. The van der Waals surface area contributed by atoms with Gasteiger partial charge in [-0.1, -0.05) is 18.2 Å². The number of carbonyl (C=O) groups is 1. The van der Waals surface area contributed by atoms with Crippen LogP contribution >= 0.6 is 0 Å². The maximum absolute atomic E-state index is 12.3. The summed E-state index contributed by atoms with van der Waals surface area (Å²) < 4.78 is 7.17. The number of methoxy groups -OCH3 is 1. The van der Waals surface area contributed by atoms with Crippen LogP contribution in [0.3, 0.4) is 0 Å². The monoisotopic (exact) mass is 274 g/mol. The van der Waals surface area contributed by atoms with Gasteiger partial charge in [-0.2, -0.15) is 0 Å². The zero-order chi connectivity index (χ0) is 14.7. The smallest absolute Gasteiger partial charge is 0.227 e. The highest BCUT2D eigenvalue weighted by atomic mass is 16.5. The number of hydrogen-bond acceptors (Lipinski definition) is 2. The molecule has 1 aromatic carbocycles. The van der Waals surface area contributed by atoms with Crippen molar-refractivity contribution in [3.05, 3.63) is 36.0 Å². The first-order valence-electron chi connectivity index (χ1n) is 6.82. The Bertz CT molecular complexity index is 604. The molecule has 2 aromatic rings. The summed E-state index contributed by atoms with van der Waals surface area (Å²) in [5, 5.41) is 1.15. The van der Waals surface area contributed by atoms with Gasteiger partial charge in [0.2, 0.25) is 5.91 Å². The molecule has 0 saturated carbocycles.